The van der Waals surface area contributed by atoms with Crippen molar-refractivity contribution in [2.75, 3.05) is 36.5 Å². The van der Waals surface area contributed by atoms with Gasteiger partial charge in [0.25, 0.3) is 0 Å². The maximum Gasteiger partial charge on any atom is 0.137 e. The Hall–Kier alpha value is -1.36. The molecular formula is C16H30N4O. The van der Waals surface area contributed by atoms with Crippen LogP contribution in [0.5, 0.6) is 0 Å². The molecular weight excluding hydrogens is 264 g/mol. The zero-order valence-corrected chi connectivity index (χ0v) is 14.1. The van der Waals surface area contributed by atoms with Gasteiger partial charge in [0, 0.05) is 31.1 Å². The first-order valence-electron chi connectivity index (χ1n) is 8.03. The summed E-state index contributed by atoms with van der Waals surface area (Å²) < 4.78 is 0. The zero-order valence-electron chi connectivity index (χ0n) is 14.1. The van der Waals surface area contributed by atoms with Crippen LogP contribution in [0.2, 0.25) is 0 Å². The third-order valence-electron chi connectivity index (χ3n) is 3.36. The van der Waals surface area contributed by atoms with Crippen LogP contribution in [0.4, 0.5) is 11.6 Å². The largest absolute Gasteiger partial charge is 0.395 e. The second-order valence-electron chi connectivity index (χ2n) is 5.67. The molecule has 0 aromatic carbocycles. The van der Waals surface area contributed by atoms with Crippen LogP contribution in [0, 0.1) is 6.92 Å². The molecule has 1 aromatic rings. The smallest absolute Gasteiger partial charge is 0.137 e. The van der Waals surface area contributed by atoms with Crippen molar-refractivity contribution in [1.82, 2.24) is 9.97 Å². The van der Waals surface area contributed by atoms with Crippen LogP contribution < -0.4 is 10.2 Å². The lowest BCUT2D eigenvalue weighted by Crippen LogP contribution is -2.30. The molecule has 0 spiro atoms. The van der Waals surface area contributed by atoms with Gasteiger partial charge in [0.1, 0.15) is 17.5 Å². The van der Waals surface area contributed by atoms with Gasteiger partial charge in [0.05, 0.1) is 6.61 Å². The molecule has 0 saturated carbocycles. The number of aliphatic hydroxyl groups excluding tert-OH is 1. The van der Waals surface area contributed by atoms with E-state index in [9.17, 15) is 5.11 Å². The number of aliphatic hydroxyl groups is 1. The summed E-state index contributed by atoms with van der Waals surface area (Å²) >= 11 is 0. The monoisotopic (exact) mass is 294 g/mol. The summed E-state index contributed by atoms with van der Waals surface area (Å²) in [5, 5.41) is 12.7. The zero-order chi connectivity index (χ0) is 15.8. The fourth-order valence-corrected chi connectivity index (χ4v) is 2.22. The lowest BCUT2D eigenvalue weighted by molar-refractivity contribution is 0.301. The predicted octanol–water partition coefficient (Wildman–Crippen LogP) is 2.94. The average Bonchev–Trinajstić information content (AvgIpc) is 2.45. The van der Waals surface area contributed by atoms with Crippen LogP contribution in [-0.4, -0.2) is 41.3 Å². The van der Waals surface area contributed by atoms with Crippen molar-refractivity contribution in [2.24, 2.45) is 0 Å². The Bertz CT molecular complexity index is 429. The van der Waals surface area contributed by atoms with Gasteiger partial charge in [-0.15, -0.1) is 0 Å². The first-order valence-corrected chi connectivity index (χ1v) is 8.03. The summed E-state index contributed by atoms with van der Waals surface area (Å²) in [6.45, 7) is 13.1. The molecule has 5 nitrogen and oxygen atoms in total. The van der Waals surface area contributed by atoms with Crippen LogP contribution in [0.3, 0.4) is 0 Å². The third kappa shape index (κ3) is 4.84. The molecule has 5 heteroatoms. The van der Waals surface area contributed by atoms with Gasteiger partial charge in [-0.3, -0.25) is 0 Å². The van der Waals surface area contributed by atoms with E-state index >= 15 is 0 Å². The van der Waals surface area contributed by atoms with Gasteiger partial charge in [0.2, 0.25) is 0 Å². The SMILES string of the molecule is CCCNc1nc(C(C)C)nc(N(CCC)CCO)c1C. The molecule has 1 heterocycles. The van der Waals surface area contributed by atoms with E-state index < -0.39 is 0 Å². The standard InChI is InChI=1S/C16H30N4O/c1-6-8-17-15-13(5)16(19-14(18-15)12(3)4)20(9-7-2)10-11-21/h12,21H,6-11H2,1-5H3,(H,17,18,19). The van der Waals surface area contributed by atoms with E-state index in [1.165, 1.54) is 0 Å². The van der Waals surface area contributed by atoms with E-state index in [2.05, 4.69) is 49.8 Å². The molecule has 0 aliphatic rings. The summed E-state index contributed by atoms with van der Waals surface area (Å²) in [6.07, 6.45) is 2.09. The van der Waals surface area contributed by atoms with Gasteiger partial charge < -0.3 is 15.3 Å². The van der Waals surface area contributed by atoms with Crippen LogP contribution >= 0.6 is 0 Å². The Morgan fingerprint density at radius 2 is 1.86 bits per heavy atom. The topological polar surface area (TPSA) is 61.3 Å². The molecule has 0 radical (unpaired) electrons. The Balaban J connectivity index is 3.22. The highest BCUT2D eigenvalue weighted by Crippen LogP contribution is 2.26. The van der Waals surface area contributed by atoms with Crippen molar-refractivity contribution in [3.8, 4) is 0 Å². The summed E-state index contributed by atoms with van der Waals surface area (Å²) in [7, 11) is 0. The van der Waals surface area contributed by atoms with Crippen LogP contribution in [0.25, 0.3) is 0 Å². The van der Waals surface area contributed by atoms with Gasteiger partial charge in [-0.1, -0.05) is 27.7 Å². The number of hydrogen-bond donors (Lipinski definition) is 2. The van der Waals surface area contributed by atoms with Gasteiger partial charge in [-0.2, -0.15) is 0 Å². The highest BCUT2D eigenvalue weighted by Gasteiger charge is 2.17. The summed E-state index contributed by atoms with van der Waals surface area (Å²) in [5.41, 5.74) is 1.06. The predicted molar refractivity (Wildman–Crippen MR) is 89.2 cm³/mol. The lowest BCUT2D eigenvalue weighted by Gasteiger charge is -2.26. The van der Waals surface area contributed by atoms with Gasteiger partial charge in [-0.25, -0.2) is 9.97 Å². The minimum Gasteiger partial charge on any atom is -0.395 e. The Kier molecular flexibility index (Phi) is 7.43. The normalized spacial score (nSPS) is 11.0. The molecule has 0 unspecified atom stereocenters. The van der Waals surface area contributed by atoms with Crippen LogP contribution in [-0.2, 0) is 0 Å². The average molecular weight is 294 g/mol. The van der Waals surface area contributed by atoms with E-state index in [1.807, 2.05) is 0 Å². The highest BCUT2D eigenvalue weighted by molar-refractivity contribution is 5.59. The molecule has 0 atom stereocenters. The fourth-order valence-electron chi connectivity index (χ4n) is 2.22. The number of rotatable bonds is 9. The van der Waals surface area contributed by atoms with Crippen molar-refractivity contribution >= 4 is 11.6 Å². The second kappa shape index (κ2) is 8.82. The Labute approximate surface area is 128 Å². The Morgan fingerprint density at radius 3 is 2.38 bits per heavy atom. The van der Waals surface area contributed by atoms with Gasteiger partial charge in [-0.05, 0) is 19.8 Å². The van der Waals surface area contributed by atoms with E-state index in [4.69, 9.17) is 4.98 Å². The minimum atomic E-state index is 0.137. The first kappa shape index (κ1) is 17.7. The third-order valence-corrected chi connectivity index (χ3v) is 3.36. The molecule has 0 saturated heterocycles. The van der Waals surface area contributed by atoms with E-state index in [-0.39, 0.29) is 12.5 Å². The molecule has 0 fully saturated rings. The number of nitrogens with one attached hydrogen (secondary N) is 1. The number of nitrogens with zero attached hydrogens (tertiary/aromatic N) is 3. The Morgan fingerprint density at radius 1 is 1.14 bits per heavy atom. The van der Waals surface area contributed by atoms with E-state index in [0.29, 0.717) is 6.54 Å². The number of hydrogen-bond acceptors (Lipinski definition) is 5. The molecule has 120 valence electrons. The maximum absolute atomic E-state index is 9.30. The van der Waals surface area contributed by atoms with E-state index in [1.54, 1.807) is 0 Å². The molecule has 0 aliphatic carbocycles. The van der Waals surface area contributed by atoms with E-state index in [0.717, 1.165) is 49.0 Å². The highest BCUT2D eigenvalue weighted by atomic mass is 16.3. The summed E-state index contributed by atoms with van der Waals surface area (Å²) in [5.74, 6) is 3.00. The lowest BCUT2D eigenvalue weighted by atomic mass is 10.2. The van der Waals surface area contributed by atoms with Crippen molar-refractivity contribution in [1.29, 1.82) is 0 Å². The molecule has 0 bridgehead atoms. The molecule has 0 amide bonds. The number of anilines is 2. The van der Waals surface area contributed by atoms with Gasteiger partial charge in [0.15, 0.2) is 0 Å². The number of aromatic nitrogens is 2. The summed E-state index contributed by atoms with van der Waals surface area (Å²) in [4.78, 5) is 11.6. The first-order chi connectivity index (χ1) is 10.0. The van der Waals surface area contributed by atoms with Crippen molar-refractivity contribution in [2.45, 2.75) is 53.4 Å². The summed E-state index contributed by atoms with van der Waals surface area (Å²) in [6, 6.07) is 0. The second-order valence-corrected chi connectivity index (χ2v) is 5.67. The van der Waals surface area contributed by atoms with Crippen molar-refractivity contribution < 1.29 is 5.11 Å². The molecule has 0 aliphatic heterocycles. The van der Waals surface area contributed by atoms with Crippen LogP contribution in [0.15, 0.2) is 0 Å². The van der Waals surface area contributed by atoms with Crippen molar-refractivity contribution in [3.05, 3.63) is 11.4 Å². The molecule has 1 aromatic heterocycles. The van der Waals surface area contributed by atoms with Crippen LogP contribution in [0.1, 0.15) is 57.8 Å². The molecule has 2 N–H and O–H groups in total. The molecule has 21 heavy (non-hydrogen) atoms. The quantitative estimate of drug-likeness (QED) is 0.733. The fraction of sp³-hybridized carbons (Fsp3) is 0.750. The minimum absolute atomic E-state index is 0.137. The van der Waals surface area contributed by atoms with Gasteiger partial charge >= 0.3 is 0 Å². The molecule has 1 rings (SSSR count). The maximum atomic E-state index is 9.30. The van der Waals surface area contributed by atoms with Crippen molar-refractivity contribution in [3.63, 3.8) is 0 Å².